The van der Waals surface area contributed by atoms with Crippen LogP contribution in [0.2, 0.25) is 9.36 Å². The van der Waals surface area contributed by atoms with Crippen molar-refractivity contribution in [3.8, 4) is 0 Å². The Kier molecular flexibility index (Phi) is 12.2. The first-order valence-electron chi connectivity index (χ1n) is 10.5. The van der Waals surface area contributed by atoms with Gasteiger partial charge in [0.05, 0.1) is 21.4 Å². The SMILES string of the molecule is NC(=O)CSCCCNC(=O)[C@H](CCNC(=O)c1ccc(Cl)s1)NC(=O)Cc1cccc(Cl)c1. The fourth-order valence-corrected chi connectivity index (χ4v) is 4.75. The van der Waals surface area contributed by atoms with Crippen molar-refractivity contribution in [3.05, 3.63) is 56.2 Å². The lowest BCUT2D eigenvalue weighted by Crippen LogP contribution is -2.49. The first-order chi connectivity index (χ1) is 16.2. The average molecular weight is 546 g/mol. The van der Waals surface area contributed by atoms with Gasteiger partial charge in [-0.25, -0.2) is 0 Å². The van der Waals surface area contributed by atoms with Crippen molar-refractivity contribution in [1.82, 2.24) is 16.0 Å². The maximum Gasteiger partial charge on any atom is 0.261 e. The van der Waals surface area contributed by atoms with Gasteiger partial charge in [0.2, 0.25) is 17.7 Å². The molecule has 34 heavy (non-hydrogen) atoms. The summed E-state index contributed by atoms with van der Waals surface area (Å²) in [6.07, 6.45) is 0.908. The van der Waals surface area contributed by atoms with Gasteiger partial charge in [0.25, 0.3) is 5.91 Å². The Balaban J connectivity index is 1.88. The second-order valence-electron chi connectivity index (χ2n) is 7.24. The summed E-state index contributed by atoms with van der Waals surface area (Å²) >= 11 is 14.4. The van der Waals surface area contributed by atoms with Crippen molar-refractivity contribution < 1.29 is 19.2 Å². The molecule has 0 aliphatic rings. The number of halogens is 2. The minimum Gasteiger partial charge on any atom is -0.369 e. The van der Waals surface area contributed by atoms with Gasteiger partial charge in [0, 0.05) is 18.1 Å². The van der Waals surface area contributed by atoms with Crippen LogP contribution in [0.25, 0.3) is 0 Å². The molecule has 0 spiro atoms. The molecule has 4 amide bonds. The van der Waals surface area contributed by atoms with E-state index in [1.807, 2.05) is 0 Å². The van der Waals surface area contributed by atoms with Crippen LogP contribution in [0.5, 0.6) is 0 Å². The Hall–Kier alpha value is -2.27. The molecule has 2 rings (SSSR count). The third kappa shape index (κ3) is 10.8. The summed E-state index contributed by atoms with van der Waals surface area (Å²) in [5, 5.41) is 8.79. The number of hydrogen-bond donors (Lipinski definition) is 4. The van der Waals surface area contributed by atoms with Gasteiger partial charge in [0.1, 0.15) is 6.04 Å². The highest BCUT2D eigenvalue weighted by Gasteiger charge is 2.21. The highest BCUT2D eigenvalue weighted by Crippen LogP contribution is 2.21. The summed E-state index contributed by atoms with van der Waals surface area (Å²) in [6, 6.07) is 9.34. The van der Waals surface area contributed by atoms with Crippen LogP contribution in [0.1, 0.15) is 28.1 Å². The highest BCUT2D eigenvalue weighted by molar-refractivity contribution is 7.99. The maximum atomic E-state index is 12.7. The van der Waals surface area contributed by atoms with E-state index in [0.29, 0.717) is 33.0 Å². The van der Waals surface area contributed by atoms with Crippen molar-refractivity contribution in [1.29, 1.82) is 0 Å². The van der Waals surface area contributed by atoms with Gasteiger partial charge >= 0.3 is 0 Å². The van der Waals surface area contributed by atoms with E-state index in [-0.39, 0.29) is 48.8 Å². The molecule has 0 saturated heterocycles. The van der Waals surface area contributed by atoms with Crippen LogP contribution in [0.4, 0.5) is 0 Å². The normalized spacial score (nSPS) is 11.5. The van der Waals surface area contributed by atoms with Crippen LogP contribution in [-0.4, -0.2) is 54.3 Å². The van der Waals surface area contributed by atoms with E-state index >= 15 is 0 Å². The van der Waals surface area contributed by atoms with E-state index < -0.39 is 6.04 Å². The van der Waals surface area contributed by atoms with Crippen molar-refractivity contribution in [3.63, 3.8) is 0 Å². The zero-order chi connectivity index (χ0) is 24.9. The number of benzene rings is 1. The largest absolute Gasteiger partial charge is 0.369 e. The number of thiophene rings is 1. The summed E-state index contributed by atoms with van der Waals surface area (Å²) in [7, 11) is 0. The van der Waals surface area contributed by atoms with Crippen LogP contribution >= 0.6 is 46.3 Å². The predicted octanol–water partition coefficient (Wildman–Crippen LogP) is 2.63. The van der Waals surface area contributed by atoms with E-state index in [9.17, 15) is 19.2 Å². The summed E-state index contributed by atoms with van der Waals surface area (Å²) < 4.78 is 0.504. The molecule has 2 aromatic rings. The smallest absolute Gasteiger partial charge is 0.261 e. The third-order valence-corrected chi connectivity index (χ3v) is 6.96. The molecule has 0 aliphatic heterocycles. The molecular formula is C22H26Cl2N4O4S2. The number of primary amides is 1. The Morgan fingerprint density at radius 2 is 1.85 bits per heavy atom. The maximum absolute atomic E-state index is 12.7. The van der Waals surface area contributed by atoms with E-state index in [2.05, 4.69) is 16.0 Å². The Labute approximate surface area is 216 Å². The molecule has 1 atom stereocenters. The monoisotopic (exact) mass is 544 g/mol. The molecule has 8 nitrogen and oxygen atoms in total. The second kappa shape index (κ2) is 14.9. The van der Waals surface area contributed by atoms with Crippen molar-refractivity contribution in [2.45, 2.75) is 25.3 Å². The third-order valence-electron chi connectivity index (χ3n) is 4.43. The molecule has 0 saturated carbocycles. The molecule has 0 radical (unpaired) electrons. The van der Waals surface area contributed by atoms with Crippen LogP contribution in [0.3, 0.4) is 0 Å². The molecule has 1 aromatic carbocycles. The number of nitrogens with two attached hydrogens (primary N) is 1. The number of nitrogens with one attached hydrogen (secondary N) is 3. The zero-order valence-electron chi connectivity index (χ0n) is 18.3. The fraction of sp³-hybridized carbons (Fsp3) is 0.364. The first-order valence-corrected chi connectivity index (χ1v) is 13.2. The number of hydrogen-bond acceptors (Lipinski definition) is 6. The predicted molar refractivity (Wildman–Crippen MR) is 138 cm³/mol. The fourth-order valence-electron chi connectivity index (χ4n) is 2.88. The minimum atomic E-state index is -0.836. The van der Waals surface area contributed by atoms with Gasteiger partial charge in [-0.3, -0.25) is 19.2 Å². The van der Waals surface area contributed by atoms with Crippen molar-refractivity contribution in [2.24, 2.45) is 5.73 Å². The van der Waals surface area contributed by atoms with Crippen LogP contribution in [0, 0.1) is 0 Å². The van der Waals surface area contributed by atoms with Crippen molar-refractivity contribution >= 4 is 69.9 Å². The Bertz CT molecular complexity index is 1000. The molecule has 1 aromatic heterocycles. The number of rotatable bonds is 14. The minimum absolute atomic E-state index is 0.0636. The molecule has 12 heteroatoms. The molecule has 0 fully saturated rings. The van der Waals surface area contributed by atoms with E-state index in [4.69, 9.17) is 28.9 Å². The number of carbonyl (C=O) groups is 4. The summed E-state index contributed by atoms with van der Waals surface area (Å²) in [6.45, 7) is 0.559. The first kappa shape index (κ1) is 28.0. The average Bonchev–Trinajstić information content (AvgIpc) is 3.21. The molecule has 5 N–H and O–H groups in total. The van der Waals surface area contributed by atoms with Gasteiger partial charge in [0.15, 0.2) is 0 Å². The van der Waals surface area contributed by atoms with Gasteiger partial charge in [-0.05, 0) is 48.4 Å². The molecule has 0 aliphatic carbocycles. The standard InChI is InChI=1S/C22H26Cl2N4O4S2/c23-15-4-1-3-14(11-15)12-20(30)28-16(21(31)26-8-2-10-33-13-19(25)29)7-9-27-22(32)17-5-6-18(24)34-17/h1,3-6,11,16H,2,7-10,12-13H2,(H2,25,29)(H,26,31)(H,27,32)(H,28,30)/t16-/m0/s1. The van der Waals surface area contributed by atoms with E-state index in [0.717, 1.165) is 16.9 Å². The molecule has 184 valence electrons. The Morgan fingerprint density at radius 1 is 1.06 bits per heavy atom. The van der Waals surface area contributed by atoms with Crippen molar-refractivity contribution in [2.75, 3.05) is 24.6 Å². The number of amides is 4. The summed E-state index contributed by atoms with van der Waals surface area (Å²) in [4.78, 5) is 48.7. The topological polar surface area (TPSA) is 130 Å². The summed E-state index contributed by atoms with van der Waals surface area (Å²) in [5.74, 6) is -0.487. The lowest BCUT2D eigenvalue weighted by molar-refractivity contribution is -0.128. The van der Waals surface area contributed by atoms with E-state index in [1.165, 1.54) is 11.8 Å². The lowest BCUT2D eigenvalue weighted by atomic mass is 10.1. The molecule has 1 heterocycles. The Morgan fingerprint density at radius 3 is 2.53 bits per heavy atom. The lowest BCUT2D eigenvalue weighted by Gasteiger charge is -2.19. The number of carbonyl (C=O) groups excluding carboxylic acids is 4. The van der Waals surface area contributed by atoms with Crippen LogP contribution < -0.4 is 21.7 Å². The van der Waals surface area contributed by atoms with E-state index in [1.54, 1.807) is 36.4 Å². The molecule has 0 bridgehead atoms. The zero-order valence-corrected chi connectivity index (χ0v) is 21.4. The van der Waals surface area contributed by atoms with Crippen LogP contribution in [-0.2, 0) is 20.8 Å². The van der Waals surface area contributed by atoms with Gasteiger partial charge in [-0.15, -0.1) is 11.3 Å². The molecular weight excluding hydrogens is 519 g/mol. The van der Waals surface area contributed by atoms with Gasteiger partial charge in [-0.2, -0.15) is 11.8 Å². The van der Waals surface area contributed by atoms with Crippen LogP contribution in [0.15, 0.2) is 36.4 Å². The van der Waals surface area contributed by atoms with Gasteiger partial charge in [-0.1, -0.05) is 35.3 Å². The summed E-state index contributed by atoms with van der Waals surface area (Å²) in [5.41, 5.74) is 5.82. The molecule has 0 unspecified atom stereocenters. The number of thioether (sulfide) groups is 1. The van der Waals surface area contributed by atoms with Gasteiger partial charge < -0.3 is 21.7 Å². The highest BCUT2D eigenvalue weighted by atomic mass is 35.5. The quantitative estimate of drug-likeness (QED) is 0.271. The second-order valence-corrected chi connectivity index (χ2v) is 10.5.